The predicted octanol–water partition coefficient (Wildman–Crippen LogP) is 3.73. The van der Waals surface area contributed by atoms with E-state index >= 15 is 0 Å². The molecule has 0 unspecified atom stereocenters. The number of aryl methyl sites for hydroxylation is 1. The van der Waals surface area contributed by atoms with Crippen LogP contribution in [0.5, 0.6) is 11.5 Å². The first-order valence-electron chi connectivity index (χ1n) is 10.00. The average Bonchev–Trinajstić information content (AvgIpc) is 2.74. The summed E-state index contributed by atoms with van der Waals surface area (Å²) in [4.78, 5) is 14.8. The quantitative estimate of drug-likeness (QED) is 0.756. The Balaban J connectivity index is 1.59. The number of piperidine rings is 1. The number of likely N-dealkylation sites (tertiary alicyclic amines) is 1. The molecule has 0 aliphatic carbocycles. The standard InChI is InChI=1S/C23H30N2O3/c1-18-7-6-8-21(15-18)28-17-23(26)24-16-22(25-13-4-3-5-14-25)19-9-11-20(27-2)12-10-19/h6-12,15,22H,3-5,13-14,16-17H2,1-2H3,(H,24,26)/t22-/m1/s1. The molecule has 5 nitrogen and oxygen atoms in total. The second-order valence-corrected chi connectivity index (χ2v) is 7.29. The summed E-state index contributed by atoms with van der Waals surface area (Å²) in [5.74, 6) is 1.46. The molecular formula is C23H30N2O3. The van der Waals surface area contributed by atoms with Gasteiger partial charge >= 0.3 is 0 Å². The molecule has 3 rings (SSSR count). The van der Waals surface area contributed by atoms with Gasteiger partial charge in [0.15, 0.2) is 6.61 Å². The van der Waals surface area contributed by atoms with Crippen LogP contribution < -0.4 is 14.8 Å². The van der Waals surface area contributed by atoms with Crippen molar-refractivity contribution in [1.29, 1.82) is 0 Å². The number of nitrogens with zero attached hydrogens (tertiary/aromatic N) is 1. The van der Waals surface area contributed by atoms with E-state index in [0.29, 0.717) is 6.54 Å². The van der Waals surface area contributed by atoms with E-state index in [4.69, 9.17) is 9.47 Å². The number of hydrogen-bond acceptors (Lipinski definition) is 4. The molecule has 1 heterocycles. The highest BCUT2D eigenvalue weighted by Gasteiger charge is 2.23. The van der Waals surface area contributed by atoms with Gasteiger partial charge in [0.2, 0.25) is 0 Å². The normalized spacial score (nSPS) is 15.6. The summed E-state index contributed by atoms with van der Waals surface area (Å²) < 4.78 is 10.9. The fourth-order valence-electron chi connectivity index (χ4n) is 3.63. The smallest absolute Gasteiger partial charge is 0.258 e. The van der Waals surface area contributed by atoms with Crippen molar-refractivity contribution in [2.24, 2.45) is 0 Å². The topological polar surface area (TPSA) is 50.8 Å². The molecule has 1 fully saturated rings. The number of carbonyl (C=O) groups is 1. The highest BCUT2D eigenvalue weighted by molar-refractivity contribution is 5.77. The van der Waals surface area contributed by atoms with Gasteiger partial charge in [0, 0.05) is 6.54 Å². The molecule has 5 heteroatoms. The van der Waals surface area contributed by atoms with Crippen molar-refractivity contribution in [1.82, 2.24) is 10.2 Å². The van der Waals surface area contributed by atoms with Gasteiger partial charge in [0.1, 0.15) is 11.5 Å². The summed E-state index contributed by atoms with van der Waals surface area (Å²) in [6.45, 7) is 4.73. The summed E-state index contributed by atoms with van der Waals surface area (Å²) in [7, 11) is 1.67. The molecule has 0 saturated carbocycles. The van der Waals surface area contributed by atoms with E-state index in [2.05, 4.69) is 22.3 Å². The molecule has 1 aliphatic rings. The first-order valence-corrected chi connectivity index (χ1v) is 10.00. The Morgan fingerprint density at radius 2 is 1.82 bits per heavy atom. The van der Waals surface area contributed by atoms with Crippen molar-refractivity contribution >= 4 is 5.91 Å². The Hall–Kier alpha value is -2.53. The van der Waals surface area contributed by atoms with Gasteiger partial charge in [-0.2, -0.15) is 0 Å². The molecule has 2 aromatic carbocycles. The SMILES string of the molecule is COc1ccc([C@@H](CNC(=O)COc2cccc(C)c2)N2CCCCC2)cc1. The third kappa shape index (κ3) is 5.73. The Morgan fingerprint density at radius 1 is 1.07 bits per heavy atom. The van der Waals surface area contributed by atoms with Gasteiger partial charge in [0.25, 0.3) is 5.91 Å². The van der Waals surface area contributed by atoms with Crippen LogP contribution in [0.2, 0.25) is 0 Å². The largest absolute Gasteiger partial charge is 0.497 e. The maximum atomic E-state index is 12.3. The van der Waals surface area contributed by atoms with Crippen molar-refractivity contribution in [3.8, 4) is 11.5 Å². The maximum absolute atomic E-state index is 12.3. The first kappa shape index (κ1) is 20.2. The first-order chi connectivity index (χ1) is 13.7. The van der Waals surface area contributed by atoms with Crippen molar-refractivity contribution < 1.29 is 14.3 Å². The minimum absolute atomic E-state index is 0.0266. The molecule has 0 aromatic heterocycles. The molecule has 150 valence electrons. The van der Waals surface area contributed by atoms with Gasteiger partial charge in [-0.3, -0.25) is 9.69 Å². The number of carbonyl (C=O) groups excluding carboxylic acids is 1. The zero-order chi connectivity index (χ0) is 19.8. The van der Waals surface area contributed by atoms with Crippen LogP contribution in [-0.2, 0) is 4.79 Å². The summed E-state index contributed by atoms with van der Waals surface area (Å²) in [5, 5.41) is 3.06. The van der Waals surface area contributed by atoms with Gasteiger partial charge in [-0.25, -0.2) is 0 Å². The third-order valence-electron chi connectivity index (χ3n) is 5.18. The second-order valence-electron chi connectivity index (χ2n) is 7.29. The minimum Gasteiger partial charge on any atom is -0.497 e. The van der Waals surface area contributed by atoms with E-state index in [9.17, 15) is 4.79 Å². The molecule has 1 saturated heterocycles. The van der Waals surface area contributed by atoms with Crippen LogP contribution in [0.4, 0.5) is 0 Å². The summed E-state index contributed by atoms with van der Waals surface area (Å²) in [6, 6.07) is 16.0. The lowest BCUT2D eigenvalue weighted by Crippen LogP contribution is -2.41. The van der Waals surface area contributed by atoms with E-state index in [1.807, 2.05) is 43.3 Å². The highest BCUT2D eigenvalue weighted by Crippen LogP contribution is 2.25. The highest BCUT2D eigenvalue weighted by atomic mass is 16.5. The summed E-state index contributed by atoms with van der Waals surface area (Å²) in [6.07, 6.45) is 3.69. The molecule has 1 atom stereocenters. The van der Waals surface area contributed by atoms with Crippen molar-refractivity contribution in [3.05, 3.63) is 59.7 Å². The van der Waals surface area contributed by atoms with E-state index in [0.717, 1.165) is 30.2 Å². The van der Waals surface area contributed by atoms with E-state index in [1.54, 1.807) is 7.11 Å². The second kappa shape index (κ2) is 10.1. The van der Waals surface area contributed by atoms with Crippen molar-refractivity contribution in [2.75, 3.05) is 33.4 Å². The Bertz CT molecular complexity index is 755. The third-order valence-corrected chi connectivity index (χ3v) is 5.18. The fourth-order valence-corrected chi connectivity index (χ4v) is 3.63. The summed E-state index contributed by atoms with van der Waals surface area (Å²) >= 11 is 0. The molecule has 2 aromatic rings. The van der Waals surface area contributed by atoms with E-state index < -0.39 is 0 Å². The fraction of sp³-hybridized carbons (Fsp3) is 0.435. The van der Waals surface area contributed by atoms with Gasteiger partial charge in [-0.1, -0.05) is 30.7 Å². The zero-order valence-corrected chi connectivity index (χ0v) is 16.8. The molecule has 0 radical (unpaired) electrons. The summed E-state index contributed by atoms with van der Waals surface area (Å²) in [5.41, 5.74) is 2.31. The number of benzene rings is 2. The number of nitrogens with one attached hydrogen (secondary N) is 1. The van der Waals surface area contributed by atoms with Crippen LogP contribution in [0.1, 0.15) is 36.4 Å². The van der Waals surface area contributed by atoms with Crippen LogP contribution in [0.3, 0.4) is 0 Å². The molecule has 1 aliphatic heterocycles. The lowest BCUT2D eigenvalue weighted by molar-refractivity contribution is -0.123. The molecule has 0 spiro atoms. The Labute approximate surface area is 167 Å². The molecule has 0 bridgehead atoms. The van der Waals surface area contributed by atoms with Gasteiger partial charge in [0.05, 0.1) is 13.2 Å². The number of amides is 1. The molecule has 1 amide bonds. The monoisotopic (exact) mass is 382 g/mol. The predicted molar refractivity (Wildman–Crippen MR) is 111 cm³/mol. The maximum Gasteiger partial charge on any atom is 0.258 e. The van der Waals surface area contributed by atoms with Crippen molar-refractivity contribution in [2.45, 2.75) is 32.2 Å². The van der Waals surface area contributed by atoms with E-state index in [-0.39, 0.29) is 18.6 Å². The lowest BCUT2D eigenvalue weighted by atomic mass is 10.0. The lowest BCUT2D eigenvalue weighted by Gasteiger charge is -2.35. The molecular weight excluding hydrogens is 352 g/mol. The van der Waals surface area contributed by atoms with Crippen LogP contribution in [0.25, 0.3) is 0 Å². The zero-order valence-electron chi connectivity index (χ0n) is 16.8. The van der Waals surface area contributed by atoms with Crippen LogP contribution in [0.15, 0.2) is 48.5 Å². The molecule has 1 N–H and O–H groups in total. The Morgan fingerprint density at radius 3 is 2.50 bits per heavy atom. The molecule has 28 heavy (non-hydrogen) atoms. The number of ether oxygens (including phenoxy) is 2. The minimum atomic E-state index is -0.1000. The average molecular weight is 383 g/mol. The number of methoxy groups -OCH3 is 1. The van der Waals surface area contributed by atoms with E-state index in [1.165, 1.54) is 24.8 Å². The van der Waals surface area contributed by atoms with Crippen molar-refractivity contribution in [3.63, 3.8) is 0 Å². The Kier molecular flexibility index (Phi) is 7.31. The number of rotatable bonds is 8. The number of hydrogen-bond donors (Lipinski definition) is 1. The van der Waals surface area contributed by atoms with Crippen LogP contribution >= 0.6 is 0 Å². The van der Waals surface area contributed by atoms with Crippen LogP contribution in [-0.4, -0.2) is 44.2 Å². The van der Waals surface area contributed by atoms with Gasteiger partial charge in [-0.15, -0.1) is 0 Å². The van der Waals surface area contributed by atoms with Gasteiger partial charge < -0.3 is 14.8 Å². The van der Waals surface area contributed by atoms with Gasteiger partial charge in [-0.05, 0) is 68.2 Å². The van der Waals surface area contributed by atoms with Crippen LogP contribution in [0, 0.1) is 6.92 Å².